The van der Waals surface area contributed by atoms with Crippen LogP contribution < -0.4 is 4.90 Å². The van der Waals surface area contributed by atoms with E-state index in [-0.39, 0.29) is 0 Å². The van der Waals surface area contributed by atoms with E-state index in [0.29, 0.717) is 5.56 Å². The number of hydrogen-bond donors (Lipinski definition) is 0. The van der Waals surface area contributed by atoms with Crippen molar-refractivity contribution >= 4 is 5.69 Å². The van der Waals surface area contributed by atoms with Gasteiger partial charge in [0.1, 0.15) is 6.07 Å². The number of benzene rings is 1. The zero-order valence-electron chi connectivity index (χ0n) is 9.51. The van der Waals surface area contributed by atoms with E-state index in [1.54, 1.807) is 6.20 Å². The number of nitriles is 1. The van der Waals surface area contributed by atoms with Gasteiger partial charge < -0.3 is 4.90 Å². The third-order valence-corrected chi connectivity index (χ3v) is 3.07. The van der Waals surface area contributed by atoms with E-state index >= 15 is 0 Å². The number of anilines is 1. The van der Waals surface area contributed by atoms with Crippen LogP contribution in [0.3, 0.4) is 0 Å². The first kappa shape index (κ1) is 9.86. The minimum Gasteiger partial charge on any atom is -0.370 e. The zero-order chi connectivity index (χ0) is 11.8. The fourth-order valence-electron chi connectivity index (χ4n) is 2.28. The van der Waals surface area contributed by atoms with E-state index < -0.39 is 0 Å². The summed E-state index contributed by atoms with van der Waals surface area (Å²) in [5, 5.41) is 8.90. The van der Waals surface area contributed by atoms with E-state index in [0.717, 1.165) is 23.4 Å². The Morgan fingerprint density at radius 2 is 2.18 bits per heavy atom. The summed E-state index contributed by atoms with van der Waals surface area (Å²) in [6.07, 6.45) is 1.64. The van der Waals surface area contributed by atoms with Crippen LogP contribution in [-0.4, -0.2) is 12.0 Å². The molecule has 3 nitrogen and oxygen atoms in total. The van der Waals surface area contributed by atoms with Gasteiger partial charge in [0.05, 0.1) is 11.3 Å². The van der Waals surface area contributed by atoms with Crippen LogP contribution in [0.1, 0.15) is 11.1 Å². The van der Waals surface area contributed by atoms with Gasteiger partial charge in [-0.05, 0) is 17.7 Å². The van der Waals surface area contributed by atoms with Gasteiger partial charge >= 0.3 is 0 Å². The fourth-order valence-corrected chi connectivity index (χ4v) is 2.28. The normalized spacial score (nSPS) is 12.6. The van der Waals surface area contributed by atoms with Crippen molar-refractivity contribution in [3.63, 3.8) is 0 Å². The molecule has 0 saturated carbocycles. The number of fused-ring (bicyclic) bond motifs is 3. The van der Waals surface area contributed by atoms with Crippen LogP contribution in [0, 0.1) is 11.3 Å². The first-order valence-corrected chi connectivity index (χ1v) is 5.49. The lowest BCUT2D eigenvalue weighted by atomic mass is 9.98. The summed E-state index contributed by atoms with van der Waals surface area (Å²) in [7, 11) is 2.06. The smallest absolute Gasteiger partial charge is 0.101 e. The van der Waals surface area contributed by atoms with Crippen LogP contribution in [0.5, 0.6) is 0 Å². The highest BCUT2D eigenvalue weighted by atomic mass is 15.1. The Labute approximate surface area is 99.9 Å². The monoisotopic (exact) mass is 221 g/mol. The second-order valence-corrected chi connectivity index (χ2v) is 4.22. The molecule has 1 aliphatic rings. The highest BCUT2D eigenvalue weighted by molar-refractivity contribution is 5.81. The number of para-hydroxylation sites is 1. The molecule has 2 aromatic rings. The number of rotatable bonds is 0. The maximum Gasteiger partial charge on any atom is 0.101 e. The van der Waals surface area contributed by atoms with Crippen LogP contribution in [0.15, 0.2) is 36.5 Å². The highest BCUT2D eigenvalue weighted by Crippen LogP contribution is 2.36. The number of nitrogens with zero attached hydrogens (tertiary/aromatic N) is 3. The van der Waals surface area contributed by atoms with E-state index in [9.17, 15) is 0 Å². The fraction of sp³-hybridized carbons (Fsp3) is 0.143. The molecule has 0 fully saturated rings. The van der Waals surface area contributed by atoms with Crippen molar-refractivity contribution in [3.8, 4) is 17.3 Å². The molecule has 3 heteroatoms. The summed E-state index contributed by atoms with van der Waals surface area (Å²) in [5.74, 6) is 0. The molecule has 2 heterocycles. The molecule has 0 atom stereocenters. The third-order valence-electron chi connectivity index (χ3n) is 3.07. The second-order valence-electron chi connectivity index (χ2n) is 4.22. The van der Waals surface area contributed by atoms with Crippen LogP contribution in [-0.2, 0) is 6.54 Å². The molecular formula is C14H11N3. The van der Waals surface area contributed by atoms with E-state index in [1.165, 1.54) is 5.69 Å². The predicted molar refractivity (Wildman–Crippen MR) is 66.5 cm³/mol. The molecule has 1 aliphatic heterocycles. The summed E-state index contributed by atoms with van der Waals surface area (Å²) in [6, 6.07) is 12.3. The first-order chi connectivity index (χ1) is 8.29. The van der Waals surface area contributed by atoms with E-state index in [1.807, 2.05) is 18.2 Å². The zero-order valence-corrected chi connectivity index (χ0v) is 9.51. The molecule has 0 bridgehead atoms. The molecular weight excluding hydrogens is 210 g/mol. The maximum absolute atomic E-state index is 8.90. The minimum atomic E-state index is 0.622. The SMILES string of the molecule is CN1Cc2cc(C#N)cnc2-c2ccccc21. The Morgan fingerprint density at radius 3 is 3.00 bits per heavy atom. The van der Waals surface area contributed by atoms with Gasteiger partial charge in [-0.15, -0.1) is 0 Å². The van der Waals surface area contributed by atoms with Gasteiger partial charge in [0, 0.05) is 31.0 Å². The summed E-state index contributed by atoms with van der Waals surface area (Å²) < 4.78 is 0. The van der Waals surface area contributed by atoms with Crippen molar-refractivity contribution in [3.05, 3.63) is 47.7 Å². The second kappa shape index (κ2) is 3.60. The topological polar surface area (TPSA) is 39.9 Å². The van der Waals surface area contributed by atoms with Gasteiger partial charge in [0.15, 0.2) is 0 Å². The van der Waals surface area contributed by atoms with Crippen molar-refractivity contribution in [1.82, 2.24) is 4.98 Å². The number of aromatic nitrogens is 1. The Hall–Kier alpha value is -2.34. The predicted octanol–water partition coefficient (Wildman–Crippen LogP) is 2.57. The van der Waals surface area contributed by atoms with Gasteiger partial charge in [0.25, 0.3) is 0 Å². The maximum atomic E-state index is 8.90. The third kappa shape index (κ3) is 1.46. The van der Waals surface area contributed by atoms with Crippen LogP contribution in [0.4, 0.5) is 5.69 Å². The van der Waals surface area contributed by atoms with Crippen molar-refractivity contribution < 1.29 is 0 Å². The molecule has 0 unspecified atom stereocenters. The summed E-state index contributed by atoms with van der Waals surface area (Å²) in [4.78, 5) is 6.60. The molecule has 17 heavy (non-hydrogen) atoms. The molecule has 0 saturated heterocycles. The molecule has 0 spiro atoms. The molecule has 82 valence electrons. The van der Waals surface area contributed by atoms with E-state index in [2.05, 4.69) is 35.1 Å². The Balaban J connectivity index is 2.25. The van der Waals surface area contributed by atoms with Gasteiger partial charge in [-0.2, -0.15) is 5.26 Å². The number of pyridine rings is 1. The first-order valence-electron chi connectivity index (χ1n) is 5.49. The highest BCUT2D eigenvalue weighted by Gasteiger charge is 2.20. The minimum absolute atomic E-state index is 0.622. The Bertz CT molecular complexity index is 626. The lowest BCUT2D eigenvalue weighted by Gasteiger charge is -2.28. The van der Waals surface area contributed by atoms with Crippen LogP contribution in [0.25, 0.3) is 11.3 Å². The van der Waals surface area contributed by atoms with Gasteiger partial charge in [-0.25, -0.2) is 0 Å². The quantitative estimate of drug-likeness (QED) is 0.686. The lowest BCUT2D eigenvalue weighted by Crippen LogP contribution is -2.22. The molecule has 0 amide bonds. The van der Waals surface area contributed by atoms with Gasteiger partial charge in [-0.3, -0.25) is 4.98 Å². The van der Waals surface area contributed by atoms with Crippen molar-refractivity contribution in [2.24, 2.45) is 0 Å². The van der Waals surface area contributed by atoms with Crippen molar-refractivity contribution in [2.45, 2.75) is 6.54 Å². The summed E-state index contributed by atoms with van der Waals surface area (Å²) >= 11 is 0. The summed E-state index contributed by atoms with van der Waals surface area (Å²) in [5.41, 5.74) is 5.07. The number of hydrogen-bond acceptors (Lipinski definition) is 3. The summed E-state index contributed by atoms with van der Waals surface area (Å²) in [6.45, 7) is 0.800. The average molecular weight is 221 g/mol. The molecule has 0 radical (unpaired) electrons. The standard InChI is InChI=1S/C14H11N3/c1-17-9-11-6-10(7-15)8-16-14(11)12-4-2-3-5-13(12)17/h2-6,8H,9H2,1H3. The van der Waals surface area contributed by atoms with Crippen LogP contribution in [0.2, 0.25) is 0 Å². The molecule has 3 rings (SSSR count). The molecule has 1 aromatic heterocycles. The largest absolute Gasteiger partial charge is 0.370 e. The average Bonchev–Trinajstić information content (AvgIpc) is 2.38. The van der Waals surface area contributed by atoms with Gasteiger partial charge in [-0.1, -0.05) is 18.2 Å². The van der Waals surface area contributed by atoms with Crippen molar-refractivity contribution in [2.75, 3.05) is 11.9 Å². The van der Waals surface area contributed by atoms with E-state index in [4.69, 9.17) is 5.26 Å². The Morgan fingerprint density at radius 1 is 1.35 bits per heavy atom. The lowest BCUT2D eigenvalue weighted by molar-refractivity contribution is 0.899. The molecule has 1 aromatic carbocycles. The van der Waals surface area contributed by atoms with Gasteiger partial charge in [0.2, 0.25) is 0 Å². The Kier molecular flexibility index (Phi) is 2.09. The molecule has 0 N–H and O–H groups in total. The van der Waals surface area contributed by atoms with Crippen molar-refractivity contribution in [1.29, 1.82) is 5.26 Å². The molecule has 0 aliphatic carbocycles. The van der Waals surface area contributed by atoms with Crippen LogP contribution >= 0.6 is 0 Å².